The van der Waals surface area contributed by atoms with Gasteiger partial charge in [0.1, 0.15) is 17.1 Å². The second-order valence-electron chi connectivity index (χ2n) is 19.4. The Bertz CT molecular complexity index is 2600. The Morgan fingerprint density at radius 2 is 1.82 bits per heavy atom. The third-order valence-corrected chi connectivity index (χ3v) is 14.6. The van der Waals surface area contributed by atoms with Crippen molar-refractivity contribution in [1.29, 1.82) is 0 Å². The van der Waals surface area contributed by atoms with E-state index < -0.39 is 12.3 Å². The zero-order valence-corrected chi connectivity index (χ0v) is 38.9. The predicted octanol–water partition coefficient (Wildman–Crippen LogP) is 5.62. The molecule has 3 saturated heterocycles. The monoisotopic (exact) mass is 927 g/mol. The Kier molecular flexibility index (Phi) is 12.7. The van der Waals surface area contributed by atoms with Crippen LogP contribution in [0.3, 0.4) is 0 Å². The van der Waals surface area contributed by atoms with E-state index in [0.717, 1.165) is 69.2 Å². The number of halogens is 2. The van der Waals surface area contributed by atoms with E-state index in [-0.39, 0.29) is 84.0 Å². The van der Waals surface area contributed by atoms with Crippen LogP contribution < -0.4 is 31.1 Å². The van der Waals surface area contributed by atoms with Crippen molar-refractivity contribution in [1.82, 2.24) is 35.0 Å². The first kappa shape index (κ1) is 45.8. The molecule has 4 N–H and O–H groups in total. The van der Waals surface area contributed by atoms with E-state index in [9.17, 15) is 24.3 Å². The topological polar surface area (TPSA) is 183 Å². The second kappa shape index (κ2) is 18.4. The number of rotatable bonds is 12. The second-order valence-corrected chi connectivity index (χ2v) is 19.8. The van der Waals surface area contributed by atoms with E-state index >= 15 is 4.39 Å². The summed E-state index contributed by atoms with van der Waals surface area (Å²) in [4.78, 5) is 65.8. The number of pyridine rings is 1. The van der Waals surface area contributed by atoms with Gasteiger partial charge in [-0.1, -0.05) is 31.5 Å². The Morgan fingerprint density at radius 3 is 2.53 bits per heavy atom. The summed E-state index contributed by atoms with van der Waals surface area (Å²) in [6.07, 6.45) is 5.72. The summed E-state index contributed by atoms with van der Waals surface area (Å²) < 4.78 is 30.3. The van der Waals surface area contributed by atoms with E-state index in [2.05, 4.69) is 44.6 Å². The number of amides is 3. The molecule has 1 saturated carbocycles. The first-order valence-corrected chi connectivity index (χ1v) is 23.5. The summed E-state index contributed by atoms with van der Waals surface area (Å²) in [7, 11) is 1.51. The molecule has 66 heavy (non-hydrogen) atoms. The van der Waals surface area contributed by atoms with Crippen LogP contribution in [-0.4, -0.2) is 118 Å². The maximum absolute atomic E-state index is 16.4. The lowest BCUT2D eigenvalue weighted by Gasteiger charge is -2.51. The minimum absolute atomic E-state index is 0.0150. The first-order valence-electron chi connectivity index (χ1n) is 23.1. The van der Waals surface area contributed by atoms with Crippen molar-refractivity contribution < 1.29 is 33.4 Å². The molecule has 0 radical (unpaired) electrons. The maximum atomic E-state index is 16.4. The van der Waals surface area contributed by atoms with E-state index in [4.69, 9.17) is 26.1 Å². The number of hydrogen-bond acceptors (Lipinski definition) is 12. The largest absolute Gasteiger partial charge is 0.478 e. The van der Waals surface area contributed by atoms with Gasteiger partial charge in [-0.3, -0.25) is 24.1 Å². The molecule has 3 amide bonds. The Balaban J connectivity index is 0.766. The number of likely N-dealkylation sites (N-methyl/N-ethyl adjacent to an activating group) is 1. The highest BCUT2D eigenvalue weighted by Crippen LogP contribution is 2.47. The van der Waals surface area contributed by atoms with E-state index in [1.807, 2.05) is 32.0 Å². The van der Waals surface area contributed by atoms with Crippen molar-refractivity contribution >= 4 is 57.7 Å². The summed E-state index contributed by atoms with van der Waals surface area (Å²) in [5, 5.41) is 19.9. The van der Waals surface area contributed by atoms with Gasteiger partial charge in [0.05, 0.1) is 36.5 Å². The van der Waals surface area contributed by atoms with Crippen LogP contribution in [0.4, 0.5) is 21.8 Å². The fourth-order valence-electron chi connectivity index (χ4n) is 10.7. The number of ether oxygens (including phenoxy) is 2. The van der Waals surface area contributed by atoms with Gasteiger partial charge in [-0.05, 0) is 106 Å². The van der Waals surface area contributed by atoms with Crippen LogP contribution in [0.2, 0.25) is 5.02 Å². The number of nitrogens with zero attached hydrogens (tertiary/aromatic N) is 6. The van der Waals surface area contributed by atoms with Crippen LogP contribution in [0.1, 0.15) is 106 Å². The molecule has 352 valence electrons. The van der Waals surface area contributed by atoms with Crippen LogP contribution in [0.25, 0.3) is 10.9 Å². The average Bonchev–Trinajstić information content (AvgIpc) is 3.60. The summed E-state index contributed by atoms with van der Waals surface area (Å²) in [6, 6.07) is 10.5. The SMILES string of the molecule is CNC(=O)COc1cc2cc(Nc3nc(N4CCC(O[C@H]5C[C@H](N6CC[C@H](c7ccc8c(c7F)CN([C@H]7CCC(=O)NC7O)C8=O)C(C)(C)C6)C5)CC4)ncc3Cl)ccc2n(C(C)C)c1=O. The van der Waals surface area contributed by atoms with Crippen molar-refractivity contribution in [3.8, 4) is 5.75 Å². The van der Waals surface area contributed by atoms with Gasteiger partial charge in [-0.2, -0.15) is 4.98 Å². The number of benzene rings is 2. The molecule has 16 nitrogen and oxygen atoms in total. The van der Waals surface area contributed by atoms with Crippen LogP contribution in [0.15, 0.2) is 47.4 Å². The highest BCUT2D eigenvalue weighted by Gasteiger charge is 2.46. The van der Waals surface area contributed by atoms with Gasteiger partial charge in [0.15, 0.2) is 18.2 Å². The zero-order valence-electron chi connectivity index (χ0n) is 38.1. The summed E-state index contributed by atoms with van der Waals surface area (Å²) in [6.45, 7) is 11.2. The van der Waals surface area contributed by atoms with Crippen molar-refractivity contribution in [2.75, 3.05) is 50.1 Å². The van der Waals surface area contributed by atoms with E-state index in [1.165, 1.54) is 11.9 Å². The number of aromatic nitrogens is 3. The van der Waals surface area contributed by atoms with Crippen molar-refractivity contribution in [2.24, 2.45) is 5.41 Å². The van der Waals surface area contributed by atoms with E-state index in [1.54, 1.807) is 29.0 Å². The number of aliphatic hydroxyl groups excluding tert-OH is 1. The molecule has 0 spiro atoms. The molecule has 4 aromatic rings. The number of aliphatic hydroxyl groups is 1. The molecule has 18 heteroatoms. The minimum atomic E-state index is -1.17. The normalized spacial score (nSPS) is 24.6. The van der Waals surface area contributed by atoms with Gasteiger partial charge in [0, 0.05) is 67.4 Å². The summed E-state index contributed by atoms with van der Waals surface area (Å²) >= 11 is 6.61. The maximum Gasteiger partial charge on any atom is 0.293 e. The van der Waals surface area contributed by atoms with Crippen molar-refractivity contribution in [3.63, 3.8) is 0 Å². The number of nitrogens with one attached hydrogen (secondary N) is 3. The molecule has 3 atom stereocenters. The van der Waals surface area contributed by atoms with Crippen LogP contribution in [0, 0.1) is 11.2 Å². The quantitative estimate of drug-likeness (QED) is 0.138. The van der Waals surface area contributed by atoms with Crippen LogP contribution >= 0.6 is 11.6 Å². The van der Waals surface area contributed by atoms with Crippen LogP contribution in [0.5, 0.6) is 5.75 Å². The molecular formula is C48H59ClFN9O7. The Hall–Kier alpha value is -5.36. The van der Waals surface area contributed by atoms with Gasteiger partial charge >= 0.3 is 0 Å². The zero-order chi connectivity index (χ0) is 46.6. The fourth-order valence-corrected chi connectivity index (χ4v) is 10.8. The van der Waals surface area contributed by atoms with Gasteiger partial charge in [0.25, 0.3) is 17.4 Å². The molecular weight excluding hydrogens is 869 g/mol. The number of hydrogen-bond donors (Lipinski definition) is 4. The highest BCUT2D eigenvalue weighted by atomic mass is 35.5. The Labute approximate surface area is 388 Å². The lowest BCUT2D eigenvalue weighted by atomic mass is 9.69. The smallest absolute Gasteiger partial charge is 0.293 e. The molecule has 5 aliphatic rings. The molecule has 0 bridgehead atoms. The highest BCUT2D eigenvalue weighted by molar-refractivity contribution is 6.33. The number of likely N-dealkylation sites (tertiary alicyclic amines) is 1. The third-order valence-electron chi connectivity index (χ3n) is 14.3. The van der Waals surface area contributed by atoms with Gasteiger partial charge in [0.2, 0.25) is 11.9 Å². The molecule has 1 aliphatic carbocycles. The molecule has 6 heterocycles. The molecule has 1 unspecified atom stereocenters. The number of piperidine rings is 3. The summed E-state index contributed by atoms with van der Waals surface area (Å²) in [5.41, 5.74) is 2.28. The van der Waals surface area contributed by atoms with Crippen molar-refractivity contribution in [2.45, 2.75) is 122 Å². The molecule has 2 aromatic carbocycles. The third kappa shape index (κ3) is 8.94. The standard InChI is InChI=1S/C48H59ClFN9O7/c1-26(2)59-37-9-6-28(18-27(37)19-39(46(59)64)65-24-41(61)51-5)53-43-36(49)22-52-47(55-43)56-15-12-30(13-16-56)66-31-20-29(21-31)57-17-14-35(48(3,4)25-57)33-8-7-32-34(42(33)50)23-58(45(32)63)38-10-11-40(60)54-44(38)62/h6-9,18-19,22,26,29-31,35,38,44,62H,10-17,20-21,23-25H2,1-5H3,(H,51,61)(H,54,60)(H,52,53,55)/t29-,31-,35-,38+,44?/m1/s1. The lowest BCUT2D eigenvalue weighted by Crippen LogP contribution is -2.55. The minimum Gasteiger partial charge on any atom is -0.478 e. The lowest BCUT2D eigenvalue weighted by molar-refractivity contribution is -0.129. The van der Waals surface area contributed by atoms with E-state index in [0.29, 0.717) is 51.6 Å². The fraction of sp³-hybridized carbons (Fsp3) is 0.542. The number of carbonyl (C=O) groups excluding carboxylic acids is 3. The van der Waals surface area contributed by atoms with Crippen molar-refractivity contribution in [3.05, 3.63) is 80.5 Å². The summed E-state index contributed by atoms with van der Waals surface area (Å²) in [5.74, 6) is -0.125. The first-order chi connectivity index (χ1) is 31.6. The number of anilines is 3. The molecule has 4 fully saturated rings. The Morgan fingerprint density at radius 1 is 1.05 bits per heavy atom. The molecule has 4 aliphatic heterocycles. The van der Waals surface area contributed by atoms with Gasteiger partial charge < -0.3 is 44.9 Å². The number of fused-ring (bicyclic) bond motifs is 2. The van der Waals surface area contributed by atoms with Gasteiger partial charge in [-0.15, -0.1) is 0 Å². The average molecular weight is 929 g/mol. The van der Waals surface area contributed by atoms with Gasteiger partial charge in [-0.25, -0.2) is 9.37 Å². The van der Waals surface area contributed by atoms with Crippen LogP contribution in [-0.2, 0) is 20.9 Å². The molecule has 2 aromatic heterocycles. The number of carbonyl (C=O) groups is 3. The molecule has 9 rings (SSSR count). The predicted molar refractivity (Wildman–Crippen MR) is 248 cm³/mol.